The zero-order chi connectivity index (χ0) is 15.2. The van der Waals surface area contributed by atoms with Crippen molar-refractivity contribution in [2.45, 2.75) is 52.1 Å². The summed E-state index contributed by atoms with van der Waals surface area (Å²) in [5, 5.41) is 0. The number of hydrogen-bond acceptors (Lipinski definition) is 3. The van der Waals surface area contributed by atoms with E-state index in [1.165, 1.54) is 24.8 Å². The van der Waals surface area contributed by atoms with E-state index < -0.39 is 0 Å². The van der Waals surface area contributed by atoms with Gasteiger partial charge in [-0.3, -0.25) is 0 Å². The van der Waals surface area contributed by atoms with Crippen LogP contribution in [-0.4, -0.2) is 26.9 Å². The van der Waals surface area contributed by atoms with Gasteiger partial charge in [-0.2, -0.15) is 0 Å². The van der Waals surface area contributed by atoms with Gasteiger partial charge in [-0.1, -0.05) is 38.3 Å². The van der Waals surface area contributed by atoms with Crippen LogP contribution in [0.2, 0.25) is 0 Å². The summed E-state index contributed by atoms with van der Waals surface area (Å²) in [6.45, 7) is 5.31. The fraction of sp³-hybridized carbons (Fsp3) is 0.667. The quantitative estimate of drug-likeness (QED) is 0.498. The van der Waals surface area contributed by atoms with E-state index in [0.29, 0.717) is 6.61 Å². The predicted molar refractivity (Wildman–Crippen MR) is 86.8 cm³/mol. The molecule has 0 saturated carbocycles. The van der Waals surface area contributed by atoms with Crippen molar-refractivity contribution in [1.82, 2.24) is 0 Å². The molecule has 3 nitrogen and oxygen atoms in total. The van der Waals surface area contributed by atoms with Crippen molar-refractivity contribution in [2.75, 3.05) is 26.9 Å². The molecule has 3 heteroatoms. The Bertz CT molecular complexity index is 335. The summed E-state index contributed by atoms with van der Waals surface area (Å²) in [7, 11) is 1.73. The highest BCUT2D eigenvalue weighted by Crippen LogP contribution is 2.14. The van der Waals surface area contributed by atoms with Crippen molar-refractivity contribution >= 4 is 0 Å². The van der Waals surface area contributed by atoms with Gasteiger partial charge in [-0.15, -0.1) is 0 Å². The Morgan fingerprint density at radius 1 is 0.810 bits per heavy atom. The molecule has 0 aliphatic carbocycles. The van der Waals surface area contributed by atoms with E-state index in [4.69, 9.17) is 14.2 Å². The van der Waals surface area contributed by atoms with Gasteiger partial charge < -0.3 is 14.2 Å². The Hall–Kier alpha value is -1.06. The summed E-state index contributed by atoms with van der Waals surface area (Å²) in [5.41, 5.74) is 1.19. The van der Waals surface area contributed by atoms with Crippen LogP contribution in [0.1, 0.15) is 51.0 Å². The summed E-state index contributed by atoms with van der Waals surface area (Å²) in [5.74, 6) is 0.954. The predicted octanol–water partition coefficient (Wildman–Crippen LogP) is 4.59. The summed E-state index contributed by atoms with van der Waals surface area (Å²) in [4.78, 5) is 0. The molecule has 21 heavy (non-hydrogen) atoms. The fourth-order valence-corrected chi connectivity index (χ4v) is 2.04. The van der Waals surface area contributed by atoms with Gasteiger partial charge in [0.2, 0.25) is 0 Å². The van der Waals surface area contributed by atoms with Crippen LogP contribution in [0.5, 0.6) is 5.75 Å². The minimum Gasteiger partial charge on any atom is -0.494 e. The number of benzene rings is 1. The molecule has 1 aromatic rings. The molecule has 120 valence electrons. The van der Waals surface area contributed by atoms with Crippen LogP contribution in [-0.2, 0) is 16.1 Å². The van der Waals surface area contributed by atoms with Crippen LogP contribution in [0.25, 0.3) is 0 Å². The van der Waals surface area contributed by atoms with Gasteiger partial charge in [0.1, 0.15) is 5.75 Å². The second kappa shape index (κ2) is 12.7. The van der Waals surface area contributed by atoms with E-state index in [2.05, 4.69) is 19.1 Å². The van der Waals surface area contributed by atoms with Gasteiger partial charge in [0.25, 0.3) is 0 Å². The number of rotatable bonds is 13. The summed E-state index contributed by atoms with van der Waals surface area (Å²) < 4.78 is 16.4. The van der Waals surface area contributed by atoms with Gasteiger partial charge in [-0.25, -0.2) is 0 Å². The molecule has 0 atom stereocenters. The summed E-state index contributed by atoms with van der Waals surface area (Å²) in [6, 6.07) is 8.22. The molecule has 0 aromatic heterocycles. The smallest absolute Gasteiger partial charge is 0.119 e. The standard InChI is InChI=1S/C18H30O3/c1-3-4-5-6-15-21-18-11-9-17(10-12-18)16-20-14-8-7-13-19-2/h9-12H,3-8,13-16H2,1-2H3. The van der Waals surface area contributed by atoms with Gasteiger partial charge in [-0.05, 0) is 37.0 Å². The Balaban J connectivity index is 2.09. The van der Waals surface area contributed by atoms with E-state index in [9.17, 15) is 0 Å². The van der Waals surface area contributed by atoms with Crippen LogP contribution >= 0.6 is 0 Å². The molecule has 0 heterocycles. The Labute approximate surface area is 129 Å². The molecule has 0 unspecified atom stereocenters. The Morgan fingerprint density at radius 2 is 1.52 bits per heavy atom. The normalized spacial score (nSPS) is 10.8. The average molecular weight is 294 g/mol. The second-order valence-corrected chi connectivity index (χ2v) is 5.31. The SMILES string of the molecule is CCCCCCOc1ccc(COCCCCOC)cc1. The average Bonchev–Trinajstić information content (AvgIpc) is 2.52. The molecule has 0 bridgehead atoms. The Morgan fingerprint density at radius 3 is 2.24 bits per heavy atom. The number of unbranched alkanes of at least 4 members (excludes halogenated alkanes) is 4. The highest BCUT2D eigenvalue weighted by atomic mass is 16.5. The van der Waals surface area contributed by atoms with Crippen LogP contribution in [0.15, 0.2) is 24.3 Å². The molecule has 0 radical (unpaired) electrons. The third-order valence-electron chi connectivity index (χ3n) is 3.35. The lowest BCUT2D eigenvalue weighted by Gasteiger charge is -2.08. The molecule has 0 fully saturated rings. The topological polar surface area (TPSA) is 27.7 Å². The maximum absolute atomic E-state index is 5.72. The van der Waals surface area contributed by atoms with Crippen molar-refractivity contribution in [3.05, 3.63) is 29.8 Å². The van der Waals surface area contributed by atoms with Crippen molar-refractivity contribution in [3.8, 4) is 5.75 Å². The molecular weight excluding hydrogens is 264 g/mol. The molecule has 0 aliphatic rings. The first-order valence-electron chi connectivity index (χ1n) is 8.15. The minimum absolute atomic E-state index is 0.670. The van der Waals surface area contributed by atoms with Crippen LogP contribution in [0.3, 0.4) is 0 Å². The van der Waals surface area contributed by atoms with Gasteiger partial charge in [0, 0.05) is 20.3 Å². The first-order chi connectivity index (χ1) is 10.4. The third kappa shape index (κ3) is 9.48. The molecule has 1 aromatic carbocycles. The largest absolute Gasteiger partial charge is 0.494 e. The van der Waals surface area contributed by atoms with Crippen LogP contribution in [0, 0.1) is 0 Å². The molecule has 1 rings (SSSR count). The van der Waals surface area contributed by atoms with E-state index >= 15 is 0 Å². The van der Waals surface area contributed by atoms with Gasteiger partial charge in [0.05, 0.1) is 13.2 Å². The van der Waals surface area contributed by atoms with E-state index in [0.717, 1.165) is 44.8 Å². The summed E-state index contributed by atoms with van der Waals surface area (Å²) in [6.07, 6.45) is 7.06. The molecule has 0 saturated heterocycles. The van der Waals surface area contributed by atoms with Crippen molar-refractivity contribution in [1.29, 1.82) is 0 Å². The highest BCUT2D eigenvalue weighted by molar-refractivity contribution is 5.26. The first-order valence-corrected chi connectivity index (χ1v) is 8.15. The molecule has 0 spiro atoms. The lowest BCUT2D eigenvalue weighted by molar-refractivity contribution is 0.108. The minimum atomic E-state index is 0.670. The fourth-order valence-electron chi connectivity index (χ4n) is 2.04. The van der Waals surface area contributed by atoms with Gasteiger partial charge >= 0.3 is 0 Å². The zero-order valence-electron chi connectivity index (χ0n) is 13.6. The molecular formula is C18H30O3. The monoisotopic (exact) mass is 294 g/mol. The van der Waals surface area contributed by atoms with E-state index in [1.807, 2.05) is 12.1 Å². The molecule has 0 amide bonds. The lowest BCUT2D eigenvalue weighted by Crippen LogP contribution is -1.99. The maximum Gasteiger partial charge on any atom is 0.119 e. The first kappa shape index (κ1) is 18.0. The van der Waals surface area contributed by atoms with Gasteiger partial charge in [0.15, 0.2) is 0 Å². The Kier molecular flexibility index (Phi) is 10.8. The highest BCUT2D eigenvalue weighted by Gasteiger charge is 1.97. The lowest BCUT2D eigenvalue weighted by atomic mass is 10.2. The number of hydrogen-bond donors (Lipinski definition) is 0. The molecule has 0 N–H and O–H groups in total. The number of ether oxygens (including phenoxy) is 3. The van der Waals surface area contributed by atoms with E-state index in [-0.39, 0.29) is 0 Å². The molecule has 0 aliphatic heterocycles. The second-order valence-electron chi connectivity index (χ2n) is 5.31. The third-order valence-corrected chi connectivity index (χ3v) is 3.35. The van der Waals surface area contributed by atoms with Crippen molar-refractivity contribution in [3.63, 3.8) is 0 Å². The zero-order valence-corrected chi connectivity index (χ0v) is 13.6. The van der Waals surface area contributed by atoms with Crippen LogP contribution in [0.4, 0.5) is 0 Å². The van der Waals surface area contributed by atoms with Crippen LogP contribution < -0.4 is 4.74 Å². The van der Waals surface area contributed by atoms with Crippen molar-refractivity contribution < 1.29 is 14.2 Å². The number of methoxy groups -OCH3 is 1. The van der Waals surface area contributed by atoms with E-state index in [1.54, 1.807) is 7.11 Å². The maximum atomic E-state index is 5.72. The summed E-state index contributed by atoms with van der Waals surface area (Å²) >= 11 is 0. The van der Waals surface area contributed by atoms with Crippen molar-refractivity contribution in [2.24, 2.45) is 0 Å².